The Balaban J connectivity index is 3.34. The molecule has 0 unspecified atom stereocenters. The van der Waals surface area contributed by atoms with Crippen molar-refractivity contribution in [2.45, 2.75) is 4.90 Å². The summed E-state index contributed by atoms with van der Waals surface area (Å²) in [6.45, 7) is 0. The largest absolute Gasteiger partial charge is 0.206 e. The van der Waals surface area contributed by atoms with E-state index >= 15 is 0 Å². The normalized spacial score (nSPS) is 10.0. The van der Waals surface area contributed by atoms with Gasteiger partial charge in [0.1, 0.15) is 11.6 Å². The Hall–Kier alpha value is 0.160. The third-order valence-electron chi connectivity index (χ3n) is 1.02. The van der Waals surface area contributed by atoms with Crippen molar-refractivity contribution in [1.29, 1.82) is 0 Å². The second-order valence-corrected chi connectivity index (χ2v) is 3.22. The van der Waals surface area contributed by atoms with E-state index in [-0.39, 0.29) is 8.47 Å². The third kappa shape index (κ3) is 1.42. The van der Waals surface area contributed by atoms with Crippen molar-refractivity contribution in [3.63, 3.8) is 0 Å². The van der Waals surface area contributed by atoms with Gasteiger partial charge in [-0.25, -0.2) is 8.78 Å². The van der Waals surface area contributed by atoms with E-state index < -0.39 is 11.6 Å². The lowest BCUT2D eigenvalue weighted by molar-refractivity contribution is 0.570. The van der Waals surface area contributed by atoms with Crippen LogP contribution < -0.4 is 0 Å². The maximum atomic E-state index is 12.5. The van der Waals surface area contributed by atoms with E-state index in [0.717, 1.165) is 12.1 Å². The van der Waals surface area contributed by atoms with Crippen LogP contribution in [0.1, 0.15) is 0 Å². The molecule has 0 N–H and O–H groups in total. The van der Waals surface area contributed by atoms with Crippen LogP contribution in [0.15, 0.2) is 17.0 Å². The van der Waals surface area contributed by atoms with Gasteiger partial charge in [-0.2, -0.15) is 0 Å². The standard InChI is InChI=1S/C6H3F2IS/c7-3-1-2-4(8)6(10)5(3)9/h1-2,10H. The summed E-state index contributed by atoms with van der Waals surface area (Å²) in [6.07, 6.45) is 0. The molecule has 0 amide bonds. The average molecular weight is 272 g/mol. The number of rotatable bonds is 0. The molecule has 1 rings (SSSR count). The molecule has 54 valence electrons. The molecule has 0 aliphatic rings. The predicted octanol–water partition coefficient (Wildman–Crippen LogP) is 2.86. The fourth-order valence-electron chi connectivity index (χ4n) is 0.516. The Morgan fingerprint density at radius 3 is 2.20 bits per heavy atom. The zero-order valence-corrected chi connectivity index (χ0v) is 7.79. The van der Waals surface area contributed by atoms with Gasteiger partial charge in [0.25, 0.3) is 0 Å². The summed E-state index contributed by atoms with van der Waals surface area (Å²) in [7, 11) is 0. The Morgan fingerprint density at radius 2 is 1.70 bits per heavy atom. The number of hydrogen-bond donors (Lipinski definition) is 1. The van der Waals surface area contributed by atoms with Gasteiger partial charge in [-0.15, -0.1) is 12.6 Å². The first-order valence-corrected chi connectivity index (χ1v) is 3.98. The highest BCUT2D eigenvalue weighted by molar-refractivity contribution is 14.1. The monoisotopic (exact) mass is 272 g/mol. The molecule has 0 radical (unpaired) electrons. The molecule has 1 aromatic rings. The van der Waals surface area contributed by atoms with Crippen LogP contribution in [-0.4, -0.2) is 0 Å². The van der Waals surface area contributed by atoms with Crippen LogP contribution in [0.5, 0.6) is 0 Å². The van der Waals surface area contributed by atoms with Crippen LogP contribution in [0.2, 0.25) is 0 Å². The van der Waals surface area contributed by atoms with E-state index in [4.69, 9.17) is 0 Å². The van der Waals surface area contributed by atoms with Crippen molar-refractivity contribution >= 4 is 35.2 Å². The molecule has 0 atom stereocenters. The number of benzene rings is 1. The lowest BCUT2D eigenvalue weighted by atomic mass is 10.3. The molecule has 0 aromatic heterocycles. The van der Waals surface area contributed by atoms with Crippen molar-refractivity contribution in [3.8, 4) is 0 Å². The van der Waals surface area contributed by atoms with Gasteiger partial charge >= 0.3 is 0 Å². The number of thiol groups is 1. The van der Waals surface area contributed by atoms with E-state index in [1.165, 1.54) is 0 Å². The highest BCUT2D eigenvalue weighted by Gasteiger charge is 2.06. The summed E-state index contributed by atoms with van der Waals surface area (Å²) >= 11 is 5.46. The molecule has 4 heteroatoms. The molecular weight excluding hydrogens is 269 g/mol. The molecule has 0 fully saturated rings. The summed E-state index contributed by atoms with van der Waals surface area (Å²) in [4.78, 5) is 0.0700. The summed E-state index contributed by atoms with van der Waals surface area (Å²) in [5.74, 6) is -0.930. The topological polar surface area (TPSA) is 0 Å². The highest BCUT2D eigenvalue weighted by atomic mass is 127. The third-order valence-corrected chi connectivity index (χ3v) is 2.94. The zero-order valence-electron chi connectivity index (χ0n) is 4.74. The molecule has 1 aromatic carbocycles. The van der Waals surface area contributed by atoms with Crippen molar-refractivity contribution < 1.29 is 8.78 Å². The van der Waals surface area contributed by atoms with Crippen LogP contribution in [-0.2, 0) is 0 Å². The van der Waals surface area contributed by atoms with Crippen LogP contribution in [0.3, 0.4) is 0 Å². The number of halogens is 3. The maximum Gasteiger partial charge on any atom is 0.137 e. The fourth-order valence-corrected chi connectivity index (χ4v) is 1.14. The van der Waals surface area contributed by atoms with Crippen LogP contribution in [0.4, 0.5) is 8.78 Å². The smallest absolute Gasteiger partial charge is 0.137 e. The highest BCUT2D eigenvalue weighted by Crippen LogP contribution is 2.22. The maximum absolute atomic E-state index is 12.5. The second kappa shape index (κ2) is 3.04. The number of hydrogen-bond acceptors (Lipinski definition) is 1. The lowest BCUT2D eigenvalue weighted by Gasteiger charge is -1.98. The van der Waals surface area contributed by atoms with Gasteiger partial charge in [0.05, 0.1) is 8.47 Å². The Morgan fingerprint density at radius 1 is 1.20 bits per heavy atom. The molecule has 0 spiro atoms. The van der Waals surface area contributed by atoms with Crippen molar-refractivity contribution in [2.75, 3.05) is 0 Å². The van der Waals surface area contributed by atoms with E-state index in [2.05, 4.69) is 12.6 Å². The molecule has 10 heavy (non-hydrogen) atoms. The lowest BCUT2D eigenvalue weighted by Crippen LogP contribution is -1.86. The van der Waals surface area contributed by atoms with Crippen LogP contribution >= 0.6 is 35.2 Å². The molecule has 0 bridgehead atoms. The van der Waals surface area contributed by atoms with E-state index in [9.17, 15) is 8.78 Å². The minimum absolute atomic E-state index is 0.0700. The van der Waals surface area contributed by atoms with Gasteiger partial charge in [0.2, 0.25) is 0 Å². The van der Waals surface area contributed by atoms with E-state index in [0.29, 0.717) is 0 Å². The molecular formula is C6H3F2IS. The first-order chi connectivity index (χ1) is 4.63. The Bertz CT molecular complexity index is 235. The van der Waals surface area contributed by atoms with Gasteiger partial charge in [-0.3, -0.25) is 0 Å². The van der Waals surface area contributed by atoms with Crippen LogP contribution in [0, 0.1) is 15.2 Å². The molecule has 0 saturated heterocycles. The van der Waals surface area contributed by atoms with Gasteiger partial charge in [0, 0.05) is 0 Å². The first kappa shape index (κ1) is 8.26. The van der Waals surface area contributed by atoms with Gasteiger partial charge < -0.3 is 0 Å². The van der Waals surface area contributed by atoms with E-state index in [1.54, 1.807) is 22.6 Å². The van der Waals surface area contributed by atoms with Crippen molar-refractivity contribution in [3.05, 3.63) is 27.3 Å². The summed E-state index contributed by atoms with van der Waals surface area (Å²) in [5, 5.41) is 0. The van der Waals surface area contributed by atoms with Crippen LogP contribution in [0.25, 0.3) is 0 Å². The van der Waals surface area contributed by atoms with E-state index in [1.807, 2.05) is 0 Å². The summed E-state index contributed by atoms with van der Waals surface area (Å²) < 4.78 is 25.3. The van der Waals surface area contributed by atoms with Gasteiger partial charge in [-0.05, 0) is 34.7 Å². The quantitative estimate of drug-likeness (QED) is 0.419. The molecule has 0 nitrogen and oxygen atoms in total. The zero-order chi connectivity index (χ0) is 7.72. The Labute approximate surface area is 76.2 Å². The minimum Gasteiger partial charge on any atom is -0.206 e. The summed E-state index contributed by atoms with van der Waals surface area (Å²) in [6, 6.07) is 2.14. The van der Waals surface area contributed by atoms with Gasteiger partial charge in [0.15, 0.2) is 0 Å². The molecule has 0 heterocycles. The Kier molecular flexibility index (Phi) is 2.51. The average Bonchev–Trinajstić information content (AvgIpc) is 1.93. The molecule has 0 aliphatic heterocycles. The van der Waals surface area contributed by atoms with Crippen molar-refractivity contribution in [2.24, 2.45) is 0 Å². The second-order valence-electron chi connectivity index (χ2n) is 1.69. The van der Waals surface area contributed by atoms with Crippen molar-refractivity contribution in [1.82, 2.24) is 0 Å². The fraction of sp³-hybridized carbons (Fsp3) is 0. The first-order valence-electron chi connectivity index (χ1n) is 2.45. The molecule has 0 saturated carbocycles. The molecule has 0 aliphatic carbocycles. The SMILES string of the molecule is Fc1ccc(F)c(I)c1S. The predicted molar refractivity (Wildman–Crippen MR) is 46.3 cm³/mol. The van der Waals surface area contributed by atoms with Gasteiger partial charge in [-0.1, -0.05) is 0 Å². The minimum atomic E-state index is -0.492. The summed E-state index contributed by atoms with van der Waals surface area (Å²) in [5.41, 5.74) is 0.